The van der Waals surface area contributed by atoms with Crippen LogP contribution in [-0.2, 0) is 33.8 Å². The zero-order valence-electron chi connectivity index (χ0n) is 34.1. The van der Waals surface area contributed by atoms with Crippen LogP contribution in [0.3, 0.4) is 0 Å². The van der Waals surface area contributed by atoms with Gasteiger partial charge in [-0.25, -0.2) is 0 Å². The quantitative estimate of drug-likeness (QED) is 0.0654. The first kappa shape index (κ1) is 43.2. The molecule has 0 spiro atoms. The average molecular weight is 762 g/mol. The van der Waals surface area contributed by atoms with Gasteiger partial charge in [0.05, 0.1) is 18.8 Å². The van der Waals surface area contributed by atoms with Crippen molar-refractivity contribution < 1.29 is 19.4 Å². The van der Waals surface area contributed by atoms with Crippen LogP contribution in [0.1, 0.15) is 149 Å². The number of pyridine rings is 1. The van der Waals surface area contributed by atoms with Crippen LogP contribution in [0, 0.1) is 0 Å². The lowest BCUT2D eigenvalue weighted by atomic mass is 9.83. The molecule has 2 N–H and O–H groups in total. The molecule has 1 aromatic heterocycles. The number of carbonyl (C=O) groups is 1. The maximum absolute atomic E-state index is 12.7. The van der Waals surface area contributed by atoms with Crippen molar-refractivity contribution >= 4 is 5.91 Å². The molecular weight excluding hydrogens is 695 g/mol. The van der Waals surface area contributed by atoms with Gasteiger partial charge in [0.25, 0.3) is 0 Å². The summed E-state index contributed by atoms with van der Waals surface area (Å²) in [6, 6.07) is 32.9. The lowest BCUT2D eigenvalue weighted by molar-refractivity contribution is -0.263. The summed E-state index contributed by atoms with van der Waals surface area (Å²) in [5, 5.41) is 12.9. The molecular formula is C49H67N3O4. The Hall–Kier alpha value is -3.88. The first-order chi connectivity index (χ1) is 27.5. The van der Waals surface area contributed by atoms with E-state index in [9.17, 15) is 9.90 Å². The van der Waals surface area contributed by atoms with Gasteiger partial charge in [-0.1, -0.05) is 169 Å². The van der Waals surface area contributed by atoms with E-state index < -0.39 is 6.29 Å². The molecule has 1 fully saturated rings. The number of benzene rings is 3. The zero-order chi connectivity index (χ0) is 39.2. The smallest absolute Gasteiger partial charge is 0.220 e. The number of carbonyl (C=O) groups excluding carboxylic acids is 1. The van der Waals surface area contributed by atoms with Gasteiger partial charge in [-0.05, 0) is 47.9 Å². The Labute approximate surface area is 337 Å². The molecule has 2 heterocycles. The Morgan fingerprint density at radius 3 is 1.93 bits per heavy atom. The minimum atomic E-state index is -0.578. The van der Waals surface area contributed by atoms with Crippen LogP contribution in [0.5, 0.6) is 0 Å². The number of nitrogens with one attached hydrogen (secondary N) is 1. The summed E-state index contributed by atoms with van der Waals surface area (Å²) < 4.78 is 13.8. The Balaban J connectivity index is 1.15. The molecule has 56 heavy (non-hydrogen) atoms. The molecule has 302 valence electrons. The molecule has 0 saturated carbocycles. The highest BCUT2D eigenvalue weighted by Crippen LogP contribution is 2.47. The van der Waals surface area contributed by atoms with E-state index in [1.807, 2.05) is 36.5 Å². The van der Waals surface area contributed by atoms with E-state index in [-0.39, 0.29) is 30.6 Å². The Kier molecular flexibility index (Phi) is 19.1. The Bertz CT molecular complexity index is 1630. The Morgan fingerprint density at radius 1 is 0.696 bits per heavy atom. The standard InChI is InChI=1S/C49H67N3O4/c1-3-4-5-6-7-8-9-10-11-12-13-14-18-24-46(54)51-36-39-25-31-43(32-26-39)49-55-45(37-52(2)35-33-44-23-19-20-34-50-44)47(41-21-16-15-17-22-41)48(56-49)42-29-27-40(38-53)28-30-42/h15-17,19-23,25-32,34,45,47-49,53H,3-14,18,24,33,35-38H2,1-2H3,(H,51,54)/t45-,47-,48+,49?/m1/s1. The molecule has 1 aliphatic rings. The van der Waals surface area contributed by atoms with Gasteiger partial charge in [0.1, 0.15) is 0 Å². The maximum atomic E-state index is 12.7. The number of amides is 1. The van der Waals surface area contributed by atoms with Crippen molar-refractivity contribution in [2.24, 2.45) is 0 Å². The van der Waals surface area contributed by atoms with E-state index in [0.717, 1.165) is 59.3 Å². The van der Waals surface area contributed by atoms with E-state index in [2.05, 4.69) is 95.9 Å². The van der Waals surface area contributed by atoms with Crippen LogP contribution in [-0.4, -0.2) is 47.1 Å². The van der Waals surface area contributed by atoms with Gasteiger partial charge >= 0.3 is 0 Å². The molecule has 7 heteroatoms. The van der Waals surface area contributed by atoms with Gasteiger partial charge in [0.2, 0.25) is 5.91 Å². The molecule has 1 amide bonds. The molecule has 0 aliphatic carbocycles. The normalized spacial score (nSPS) is 18.3. The summed E-state index contributed by atoms with van der Waals surface area (Å²) in [6.07, 6.45) is 19.2. The van der Waals surface area contributed by atoms with Crippen LogP contribution in [0.4, 0.5) is 0 Å². The zero-order valence-corrected chi connectivity index (χ0v) is 34.1. The number of hydrogen-bond donors (Lipinski definition) is 2. The summed E-state index contributed by atoms with van der Waals surface area (Å²) in [5.74, 6) is 0.0576. The van der Waals surface area contributed by atoms with Crippen molar-refractivity contribution in [1.82, 2.24) is 15.2 Å². The number of ether oxygens (including phenoxy) is 2. The largest absolute Gasteiger partial charge is 0.392 e. The molecule has 5 rings (SSSR count). The van der Waals surface area contributed by atoms with Crippen molar-refractivity contribution in [3.8, 4) is 0 Å². The van der Waals surface area contributed by atoms with E-state index in [0.29, 0.717) is 19.5 Å². The molecule has 0 radical (unpaired) electrons. The van der Waals surface area contributed by atoms with Crippen LogP contribution in [0.15, 0.2) is 103 Å². The highest BCUT2D eigenvalue weighted by Gasteiger charge is 2.42. The van der Waals surface area contributed by atoms with Gasteiger partial charge in [-0.15, -0.1) is 0 Å². The third-order valence-electron chi connectivity index (χ3n) is 11.2. The molecule has 1 unspecified atom stereocenters. The summed E-state index contributed by atoms with van der Waals surface area (Å²) in [5.41, 5.74) is 6.14. The molecule has 3 aromatic carbocycles. The lowest BCUT2D eigenvalue weighted by Gasteiger charge is -2.44. The molecule has 7 nitrogen and oxygen atoms in total. The van der Waals surface area contributed by atoms with Crippen molar-refractivity contribution in [3.05, 3.63) is 137 Å². The van der Waals surface area contributed by atoms with E-state index >= 15 is 0 Å². The third-order valence-corrected chi connectivity index (χ3v) is 11.2. The highest BCUT2D eigenvalue weighted by atomic mass is 16.7. The number of unbranched alkanes of at least 4 members (excludes halogenated alkanes) is 12. The minimum Gasteiger partial charge on any atom is -0.392 e. The number of nitrogens with zero attached hydrogens (tertiary/aromatic N) is 2. The second kappa shape index (κ2) is 24.7. The number of aliphatic hydroxyl groups excluding tert-OH is 1. The summed E-state index contributed by atoms with van der Waals surface area (Å²) in [4.78, 5) is 19.5. The number of hydrogen-bond acceptors (Lipinski definition) is 6. The van der Waals surface area contributed by atoms with Crippen molar-refractivity contribution in [3.63, 3.8) is 0 Å². The van der Waals surface area contributed by atoms with E-state index in [1.165, 1.54) is 70.6 Å². The van der Waals surface area contributed by atoms with Gasteiger partial charge in [-0.2, -0.15) is 0 Å². The SMILES string of the molecule is CCCCCCCCCCCCCCCC(=O)NCc1ccc(C2O[C@H](CN(C)CCc3ccccn3)[C@@H](c3ccccc3)[C@H](c3ccc(CO)cc3)O2)cc1. The predicted octanol–water partition coefficient (Wildman–Crippen LogP) is 10.8. The van der Waals surface area contributed by atoms with Crippen LogP contribution < -0.4 is 5.32 Å². The number of aromatic nitrogens is 1. The minimum absolute atomic E-state index is 0.00438. The highest BCUT2D eigenvalue weighted by molar-refractivity contribution is 5.75. The summed E-state index contributed by atoms with van der Waals surface area (Å²) in [6.45, 7) is 4.33. The average Bonchev–Trinajstić information content (AvgIpc) is 3.24. The molecule has 4 atom stereocenters. The van der Waals surface area contributed by atoms with Crippen molar-refractivity contribution in [1.29, 1.82) is 0 Å². The fourth-order valence-electron chi connectivity index (χ4n) is 7.80. The van der Waals surface area contributed by atoms with E-state index in [1.54, 1.807) is 0 Å². The molecule has 1 saturated heterocycles. The number of rotatable bonds is 25. The second-order valence-corrected chi connectivity index (χ2v) is 15.7. The van der Waals surface area contributed by atoms with Crippen LogP contribution in [0.25, 0.3) is 0 Å². The first-order valence-corrected chi connectivity index (χ1v) is 21.5. The van der Waals surface area contributed by atoms with Gasteiger partial charge in [-0.3, -0.25) is 9.78 Å². The van der Waals surface area contributed by atoms with Gasteiger partial charge < -0.3 is 24.8 Å². The molecule has 1 aliphatic heterocycles. The summed E-state index contributed by atoms with van der Waals surface area (Å²) in [7, 11) is 2.14. The fraction of sp³-hybridized carbons (Fsp3) is 0.510. The van der Waals surface area contributed by atoms with Crippen molar-refractivity contribution in [2.75, 3.05) is 20.1 Å². The second-order valence-electron chi connectivity index (χ2n) is 15.7. The van der Waals surface area contributed by atoms with Gasteiger partial charge in [0.15, 0.2) is 6.29 Å². The first-order valence-electron chi connectivity index (χ1n) is 21.5. The monoisotopic (exact) mass is 762 g/mol. The lowest BCUT2D eigenvalue weighted by Crippen LogP contribution is -2.43. The number of aliphatic hydroxyl groups is 1. The van der Waals surface area contributed by atoms with Crippen molar-refractivity contribution in [2.45, 2.75) is 141 Å². The number of likely N-dealkylation sites (N-methyl/N-ethyl adjacent to an activating group) is 1. The maximum Gasteiger partial charge on any atom is 0.220 e. The van der Waals surface area contributed by atoms with Crippen LogP contribution in [0.2, 0.25) is 0 Å². The Morgan fingerprint density at radius 2 is 1.30 bits per heavy atom. The topological polar surface area (TPSA) is 83.9 Å². The molecule has 4 aromatic rings. The fourth-order valence-corrected chi connectivity index (χ4v) is 7.80. The predicted molar refractivity (Wildman–Crippen MR) is 227 cm³/mol. The molecule has 0 bridgehead atoms. The van der Waals surface area contributed by atoms with Crippen LogP contribution >= 0.6 is 0 Å². The van der Waals surface area contributed by atoms with E-state index in [4.69, 9.17) is 9.47 Å². The summed E-state index contributed by atoms with van der Waals surface area (Å²) >= 11 is 0. The van der Waals surface area contributed by atoms with Gasteiger partial charge in [0, 0.05) is 55.8 Å². The third kappa shape index (κ3) is 14.6.